The molecule has 2 aromatic carbocycles. The molecule has 0 bridgehead atoms. The summed E-state index contributed by atoms with van der Waals surface area (Å²) in [6, 6.07) is 15.4. The van der Waals surface area contributed by atoms with E-state index < -0.39 is 0 Å². The smallest absolute Gasteiger partial charge is 0.257 e. The molecule has 0 atom stereocenters. The predicted molar refractivity (Wildman–Crippen MR) is 95.9 cm³/mol. The van der Waals surface area contributed by atoms with E-state index in [-0.39, 0.29) is 11.7 Å². The van der Waals surface area contributed by atoms with Gasteiger partial charge < -0.3 is 0 Å². The van der Waals surface area contributed by atoms with Crippen molar-refractivity contribution in [1.82, 2.24) is 4.98 Å². The lowest BCUT2D eigenvalue weighted by Crippen LogP contribution is -2.23. The number of halogens is 1. The summed E-state index contributed by atoms with van der Waals surface area (Å²) >= 11 is 1.41. The molecule has 3 nitrogen and oxygen atoms in total. The number of nitrogens with zero attached hydrogens (tertiary/aromatic N) is 2. The van der Waals surface area contributed by atoms with Crippen LogP contribution in [-0.2, 0) is 4.79 Å². The van der Waals surface area contributed by atoms with Crippen molar-refractivity contribution in [2.45, 2.75) is 6.92 Å². The largest absolute Gasteiger partial charge is 0.269 e. The first-order chi connectivity index (χ1) is 11.6. The standard InChI is InChI=1S/C19H15FN2OS/c1-14-13-24-19(21-14)22(17-8-3-2-4-9-17)18(23)11-10-15-6-5-7-16(20)12-15/h2-13H,1H3. The molecule has 1 heterocycles. The molecule has 0 N–H and O–H groups in total. The second-order valence-corrected chi connectivity index (χ2v) is 6.01. The Kier molecular flexibility index (Phi) is 4.82. The van der Waals surface area contributed by atoms with Crippen LogP contribution in [0.3, 0.4) is 0 Å². The Morgan fingerprint density at radius 2 is 1.96 bits per heavy atom. The minimum Gasteiger partial charge on any atom is -0.269 e. The summed E-state index contributed by atoms with van der Waals surface area (Å²) in [6.07, 6.45) is 3.03. The first-order valence-corrected chi connectivity index (χ1v) is 8.26. The molecule has 3 rings (SSSR count). The molecule has 0 aliphatic heterocycles. The molecule has 0 radical (unpaired) electrons. The second kappa shape index (κ2) is 7.19. The zero-order valence-corrected chi connectivity index (χ0v) is 13.8. The first kappa shape index (κ1) is 16.1. The van der Waals surface area contributed by atoms with Crippen molar-refractivity contribution in [2.75, 3.05) is 4.90 Å². The third-order valence-corrected chi connectivity index (χ3v) is 4.24. The van der Waals surface area contributed by atoms with E-state index in [1.807, 2.05) is 42.6 Å². The highest BCUT2D eigenvalue weighted by Crippen LogP contribution is 2.28. The van der Waals surface area contributed by atoms with Gasteiger partial charge in [-0.1, -0.05) is 30.3 Å². The number of carbonyl (C=O) groups excluding carboxylic acids is 1. The number of benzene rings is 2. The van der Waals surface area contributed by atoms with Crippen LogP contribution in [-0.4, -0.2) is 10.9 Å². The van der Waals surface area contributed by atoms with Crippen LogP contribution < -0.4 is 4.90 Å². The zero-order chi connectivity index (χ0) is 16.9. The summed E-state index contributed by atoms with van der Waals surface area (Å²) in [7, 11) is 0. The highest BCUT2D eigenvalue weighted by molar-refractivity contribution is 7.14. The first-order valence-electron chi connectivity index (χ1n) is 7.38. The van der Waals surface area contributed by atoms with E-state index in [1.165, 1.54) is 29.5 Å². The van der Waals surface area contributed by atoms with Crippen molar-refractivity contribution in [2.24, 2.45) is 0 Å². The van der Waals surface area contributed by atoms with Crippen molar-refractivity contribution in [1.29, 1.82) is 0 Å². The second-order valence-electron chi connectivity index (χ2n) is 5.17. The van der Waals surface area contributed by atoms with E-state index in [0.717, 1.165) is 11.4 Å². The van der Waals surface area contributed by atoms with Crippen molar-refractivity contribution in [3.8, 4) is 0 Å². The summed E-state index contributed by atoms with van der Waals surface area (Å²) in [6.45, 7) is 1.89. The molecular weight excluding hydrogens is 323 g/mol. The van der Waals surface area contributed by atoms with Crippen LogP contribution in [0, 0.1) is 12.7 Å². The van der Waals surface area contributed by atoms with Crippen LogP contribution in [0.4, 0.5) is 15.2 Å². The number of thiazole rings is 1. The van der Waals surface area contributed by atoms with Crippen LogP contribution in [0.2, 0.25) is 0 Å². The summed E-state index contributed by atoms with van der Waals surface area (Å²) in [5.74, 6) is -0.570. The number of hydrogen-bond acceptors (Lipinski definition) is 3. The zero-order valence-electron chi connectivity index (χ0n) is 13.0. The van der Waals surface area contributed by atoms with E-state index in [2.05, 4.69) is 4.98 Å². The van der Waals surface area contributed by atoms with Gasteiger partial charge in [-0.3, -0.25) is 9.69 Å². The van der Waals surface area contributed by atoms with E-state index in [1.54, 1.807) is 23.1 Å². The van der Waals surface area contributed by atoms with Crippen molar-refractivity contribution in [3.05, 3.63) is 83.1 Å². The van der Waals surface area contributed by atoms with Crippen molar-refractivity contribution in [3.63, 3.8) is 0 Å². The maximum Gasteiger partial charge on any atom is 0.257 e. The SMILES string of the molecule is Cc1csc(N(C(=O)C=Cc2cccc(F)c2)c2ccccc2)n1. The molecule has 0 saturated carbocycles. The van der Waals surface area contributed by atoms with Gasteiger partial charge in [0.25, 0.3) is 5.91 Å². The van der Waals surface area contributed by atoms with Crippen LogP contribution in [0.5, 0.6) is 0 Å². The van der Waals surface area contributed by atoms with Crippen LogP contribution >= 0.6 is 11.3 Å². The molecule has 0 aliphatic carbocycles. The monoisotopic (exact) mass is 338 g/mol. The molecule has 3 aromatic rings. The molecule has 24 heavy (non-hydrogen) atoms. The maximum atomic E-state index is 13.2. The van der Waals surface area contributed by atoms with E-state index >= 15 is 0 Å². The molecule has 120 valence electrons. The third-order valence-electron chi connectivity index (χ3n) is 3.30. The Morgan fingerprint density at radius 1 is 1.17 bits per heavy atom. The molecule has 0 saturated heterocycles. The molecule has 0 fully saturated rings. The van der Waals surface area contributed by atoms with Gasteiger partial charge in [-0.25, -0.2) is 9.37 Å². The minimum atomic E-state index is -0.333. The fourth-order valence-electron chi connectivity index (χ4n) is 2.21. The number of rotatable bonds is 4. The molecule has 1 amide bonds. The van der Waals surface area contributed by atoms with Gasteiger partial charge in [0.05, 0.1) is 11.4 Å². The fraction of sp³-hybridized carbons (Fsp3) is 0.0526. The Labute approximate surface area is 143 Å². The number of aromatic nitrogens is 1. The van der Waals surface area contributed by atoms with Crippen molar-refractivity contribution < 1.29 is 9.18 Å². The normalized spacial score (nSPS) is 10.9. The van der Waals surface area contributed by atoms with Crippen LogP contribution in [0.25, 0.3) is 6.08 Å². The highest BCUT2D eigenvalue weighted by atomic mass is 32.1. The summed E-state index contributed by atoms with van der Waals surface area (Å²) in [5.41, 5.74) is 2.23. The molecule has 0 spiro atoms. The van der Waals surface area contributed by atoms with E-state index in [9.17, 15) is 9.18 Å². The van der Waals surface area contributed by atoms with Gasteiger partial charge in [-0.15, -0.1) is 11.3 Å². The lowest BCUT2D eigenvalue weighted by Gasteiger charge is -2.18. The van der Waals surface area contributed by atoms with Gasteiger partial charge in [0.1, 0.15) is 5.82 Å². The van der Waals surface area contributed by atoms with Crippen molar-refractivity contribution >= 4 is 34.1 Å². The summed E-state index contributed by atoms with van der Waals surface area (Å²) < 4.78 is 13.2. The maximum absolute atomic E-state index is 13.2. The van der Waals surface area contributed by atoms with E-state index in [0.29, 0.717) is 10.7 Å². The summed E-state index contributed by atoms with van der Waals surface area (Å²) in [4.78, 5) is 18.7. The molecule has 0 aliphatic rings. The lowest BCUT2D eigenvalue weighted by atomic mass is 10.2. The van der Waals surface area contributed by atoms with E-state index in [4.69, 9.17) is 0 Å². The van der Waals surface area contributed by atoms with Gasteiger partial charge in [0.15, 0.2) is 5.13 Å². The van der Waals surface area contributed by atoms with Gasteiger partial charge in [-0.05, 0) is 42.8 Å². The fourth-order valence-corrected chi connectivity index (χ4v) is 3.03. The average Bonchev–Trinajstić information content (AvgIpc) is 3.00. The highest BCUT2D eigenvalue weighted by Gasteiger charge is 2.18. The number of amides is 1. The van der Waals surface area contributed by atoms with Crippen LogP contribution in [0.1, 0.15) is 11.3 Å². The quantitative estimate of drug-likeness (QED) is 0.629. The molecule has 1 aromatic heterocycles. The van der Waals surface area contributed by atoms with Gasteiger partial charge in [0.2, 0.25) is 0 Å². The number of aryl methyl sites for hydroxylation is 1. The Morgan fingerprint density at radius 3 is 2.62 bits per heavy atom. The van der Waals surface area contributed by atoms with Crippen LogP contribution in [0.15, 0.2) is 66.1 Å². The third kappa shape index (κ3) is 3.75. The Bertz CT molecular complexity index is 874. The topological polar surface area (TPSA) is 33.2 Å². The Hall–Kier alpha value is -2.79. The number of anilines is 2. The molecule has 5 heteroatoms. The Balaban J connectivity index is 1.92. The molecular formula is C19H15FN2OS. The predicted octanol–water partition coefficient (Wildman–Crippen LogP) is 4.97. The minimum absolute atomic E-state index is 0.236. The number of hydrogen-bond donors (Lipinski definition) is 0. The summed E-state index contributed by atoms with van der Waals surface area (Å²) in [5, 5.41) is 2.50. The lowest BCUT2D eigenvalue weighted by molar-refractivity contribution is -0.113. The van der Waals surface area contributed by atoms with Gasteiger partial charge >= 0.3 is 0 Å². The van der Waals surface area contributed by atoms with Gasteiger partial charge in [0, 0.05) is 11.5 Å². The number of carbonyl (C=O) groups is 1. The molecule has 0 unspecified atom stereocenters. The number of para-hydroxylation sites is 1. The average molecular weight is 338 g/mol. The van der Waals surface area contributed by atoms with Gasteiger partial charge in [-0.2, -0.15) is 0 Å².